The lowest BCUT2D eigenvalue weighted by molar-refractivity contribution is 0.368. The van der Waals surface area contributed by atoms with Gasteiger partial charge in [-0.25, -0.2) is 0 Å². The fourth-order valence-electron chi connectivity index (χ4n) is 2.43. The van der Waals surface area contributed by atoms with E-state index in [1.165, 1.54) is 32.1 Å². The summed E-state index contributed by atoms with van der Waals surface area (Å²) in [6, 6.07) is 0. The molecule has 0 aromatic carbocycles. The van der Waals surface area contributed by atoms with Crippen LogP contribution in [0.3, 0.4) is 0 Å². The van der Waals surface area contributed by atoms with Crippen LogP contribution in [0.15, 0.2) is 4.74 Å². The van der Waals surface area contributed by atoms with Crippen molar-refractivity contribution in [3.63, 3.8) is 0 Å². The van der Waals surface area contributed by atoms with E-state index in [0.717, 1.165) is 0 Å². The van der Waals surface area contributed by atoms with Gasteiger partial charge in [0.15, 0.2) is 0 Å². The van der Waals surface area contributed by atoms with Gasteiger partial charge in [0.05, 0.1) is 12.9 Å². The SMILES string of the molecule is CCCP1(=NC(C)(C)C)N(C)CCCN1C. The molecule has 0 spiro atoms. The Morgan fingerprint density at radius 3 is 2.00 bits per heavy atom. The molecular formula is C12H28N3P. The van der Waals surface area contributed by atoms with Gasteiger partial charge in [0.2, 0.25) is 0 Å². The van der Waals surface area contributed by atoms with Crippen molar-refractivity contribution >= 4 is 7.36 Å². The van der Waals surface area contributed by atoms with Gasteiger partial charge in [-0.1, -0.05) is 6.92 Å². The van der Waals surface area contributed by atoms with Crippen molar-refractivity contribution in [3.05, 3.63) is 0 Å². The second kappa shape index (κ2) is 5.20. The van der Waals surface area contributed by atoms with E-state index in [9.17, 15) is 0 Å². The smallest absolute Gasteiger partial charge is 0.0970 e. The largest absolute Gasteiger partial charge is 0.268 e. The molecule has 1 aliphatic heterocycles. The number of hydrogen-bond donors (Lipinski definition) is 0. The second-order valence-corrected chi connectivity index (χ2v) is 9.20. The maximum absolute atomic E-state index is 5.21. The molecule has 0 saturated carbocycles. The standard InChI is InChI=1S/C12H28N3P/c1-7-11-16(13-12(2,3)4)14(5)9-8-10-15(16)6/h7-11H2,1-6H3. The Hall–Kier alpha value is 0.150. The van der Waals surface area contributed by atoms with Crippen molar-refractivity contribution in [1.82, 2.24) is 9.34 Å². The maximum Gasteiger partial charge on any atom is 0.0970 e. The first kappa shape index (κ1) is 14.2. The third-order valence-corrected chi connectivity index (χ3v) is 7.60. The van der Waals surface area contributed by atoms with Crippen LogP contribution in [0, 0.1) is 0 Å². The molecule has 0 atom stereocenters. The average molecular weight is 245 g/mol. The molecule has 16 heavy (non-hydrogen) atoms. The van der Waals surface area contributed by atoms with E-state index in [1.807, 2.05) is 0 Å². The summed E-state index contributed by atoms with van der Waals surface area (Å²) in [5.41, 5.74) is 0.0722. The first-order valence-electron chi connectivity index (χ1n) is 6.37. The summed E-state index contributed by atoms with van der Waals surface area (Å²) in [5.74, 6) is 0. The first-order chi connectivity index (χ1) is 7.32. The van der Waals surface area contributed by atoms with Crippen molar-refractivity contribution in [1.29, 1.82) is 0 Å². The molecule has 1 heterocycles. The Morgan fingerprint density at radius 2 is 1.62 bits per heavy atom. The van der Waals surface area contributed by atoms with Crippen molar-refractivity contribution in [2.45, 2.75) is 46.1 Å². The molecule has 0 aliphatic carbocycles. The number of rotatable bonds is 2. The Bertz CT molecular complexity index is 266. The zero-order valence-electron chi connectivity index (χ0n) is 11.8. The lowest BCUT2D eigenvalue weighted by Gasteiger charge is -2.46. The van der Waals surface area contributed by atoms with Gasteiger partial charge in [0.1, 0.15) is 0 Å². The zero-order chi connectivity index (χ0) is 12.4. The van der Waals surface area contributed by atoms with Crippen LogP contribution in [-0.4, -0.2) is 48.2 Å². The maximum atomic E-state index is 5.21. The molecule has 96 valence electrons. The molecule has 1 saturated heterocycles. The van der Waals surface area contributed by atoms with Crippen molar-refractivity contribution < 1.29 is 0 Å². The van der Waals surface area contributed by atoms with Gasteiger partial charge < -0.3 is 0 Å². The second-order valence-electron chi connectivity index (χ2n) is 5.80. The van der Waals surface area contributed by atoms with Crippen LogP contribution in [0.4, 0.5) is 0 Å². The normalized spacial score (nSPS) is 23.4. The number of nitrogens with zero attached hydrogens (tertiary/aromatic N) is 3. The van der Waals surface area contributed by atoms with Crippen LogP contribution >= 0.6 is 7.36 Å². The Morgan fingerprint density at radius 1 is 1.12 bits per heavy atom. The molecule has 0 radical (unpaired) electrons. The van der Waals surface area contributed by atoms with Gasteiger partial charge in [-0.05, 0) is 47.7 Å². The third-order valence-electron chi connectivity index (χ3n) is 3.04. The highest BCUT2D eigenvalue weighted by molar-refractivity contribution is 7.61. The van der Waals surface area contributed by atoms with Gasteiger partial charge >= 0.3 is 0 Å². The molecule has 0 aromatic rings. The van der Waals surface area contributed by atoms with E-state index in [4.69, 9.17) is 4.74 Å². The van der Waals surface area contributed by atoms with Gasteiger partial charge in [-0.3, -0.25) is 14.1 Å². The quantitative estimate of drug-likeness (QED) is 0.693. The fraction of sp³-hybridized carbons (Fsp3) is 1.00. The van der Waals surface area contributed by atoms with Crippen LogP contribution in [-0.2, 0) is 0 Å². The minimum atomic E-state index is -1.40. The third kappa shape index (κ3) is 3.09. The lowest BCUT2D eigenvalue weighted by Crippen LogP contribution is -2.37. The van der Waals surface area contributed by atoms with Crippen LogP contribution in [0.1, 0.15) is 40.5 Å². The molecule has 1 fully saturated rings. The molecule has 3 nitrogen and oxygen atoms in total. The van der Waals surface area contributed by atoms with E-state index < -0.39 is 7.36 Å². The first-order valence-corrected chi connectivity index (χ1v) is 8.21. The minimum absolute atomic E-state index is 0.0722. The summed E-state index contributed by atoms with van der Waals surface area (Å²) in [6.45, 7) is 11.4. The number of hydrogen-bond acceptors (Lipinski definition) is 1. The lowest BCUT2D eigenvalue weighted by atomic mass is 10.1. The predicted molar refractivity (Wildman–Crippen MR) is 74.1 cm³/mol. The minimum Gasteiger partial charge on any atom is -0.268 e. The molecule has 0 amide bonds. The van der Waals surface area contributed by atoms with Gasteiger partial charge in [-0.2, -0.15) is 0 Å². The Kier molecular flexibility index (Phi) is 4.62. The predicted octanol–water partition coefficient (Wildman–Crippen LogP) is 3.49. The molecule has 0 bridgehead atoms. The van der Waals surface area contributed by atoms with Crippen LogP contribution < -0.4 is 0 Å². The highest BCUT2D eigenvalue weighted by atomic mass is 31.2. The van der Waals surface area contributed by atoms with Gasteiger partial charge in [-0.15, -0.1) is 0 Å². The summed E-state index contributed by atoms with van der Waals surface area (Å²) in [4.78, 5) is 0. The van der Waals surface area contributed by atoms with Crippen molar-refractivity contribution in [2.75, 3.05) is 33.3 Å². The summed E-state index contributed by atoms with van der Waals surface area (Å²) >= 11 is 0. The molecular weight excluding hydrogens is 217 g/mol. The molecule has 0 unspecified atom stereocenters. The summed E-state index contributed by atoms with van der Waals surface area (Å²) in [5, 5.41) is 0. The molecule has 0 aromatic heterocycles. The van der Waals surface area contributed by atoms with E-state index in [-0.39, 0.29) is 5.54 Å². The average Bonchev–Trinajstić information content (AvgIpc) is 2.12. The molecule has 1 aliphatic rings. The van der Waals surface area contributed by atoms with Gasteiger partial charge in [0.25, 0.3) is 0 Å². The van der Waals surface area contributed by atoms with Crippen molar-refractivity contribution in [2.24, 2.45) is 4.74 Å². The van der Waals surface area contributed by atoms with E-state index in [0.29, 0.717) is 0 Å². The summed E-state index contributed by atoms with van der Waals surface area (Å²) in [7, 11) is 3.11. The highest BCUT2D eigenvalue weighted by Gasteiger charge is 2.33. The molecule has 0 N–H and O–H groups in total. The topological polar surface area (TPSA) is 18.8 Å². The molecule has 1 rings (SSSR count). The van der Waals surface area contributed by atoms with E-state index in [1.54, 1.807) is 0 Å². The van der Waals surface area contributed by atoms with Crippen LogP contribution in [0.2, 0.25) is 0 Å². The van der Waals surface area contributed by atoms with E-state index >= 15 is 0 Å². The van der Waals surface area contributed by atoms with E-state index in [2.05, 4.69) is 51.1 Å². The monoisotopic (exact) mass is 245 g/mol. The highest BCUT2D eigenvalue weighted by Crippen LogP contribution is 2.58. The molecule has 4 heteroatoms. The Balaban J connectivity index is 3.15. The summed E-state index contributed by atoms with van der Waals surface area (Å²) < 4.78 is 10.3. The van der Waals surface area contributed by atoms with Crippen LogP contribution in [0.5, 0.6) is 0 Å². The Labute approximate surface area is 101 Å². The van der Waals surface area contributed by atoms with Crippen molar-refractivity contribution in [3.8, 4) is 0 Å². The summed E-state index contributed by atoms with van der Waals surface area (Å²) in [6.07, 6.45) is 3.73. The van der Waals surface area contributed by atoms with Crippen LogP contribution in [0.25, 0.3) is 0 Å². The zero-order valence-corrected chi connectivity index (χ0v) is 12.7. The fourth-order valence-corrected chi connectivity index (χ4v) is 6.53. The van der Waals surface area contributed by atoms with Gasteiger partial charge in [0, 0.05) is 19.3 Å².